The molecule has 0 aliphatic rings. The average molecular weight is 387 g/mol. The SMILES string of the molecule is CN(C)C(=O)c1ccc2c(c1)[nH]c(=O)n2Cc1ccc2ccc(C(=N)N)cc2c1. The van der Waals surface area contributed by atoms with Crippen LogP contribution in [-0.2, 0) is 6.54 Å². The highest BCUT2D eigenvalue weighted by Gasteiger charge is 2.13. The smallest absolute Gasteiger partial charge is 0.326 e. The molecule has 4 aromatic rings. The summed E-state index contributed by atoms with van der Waals surface area (Å²) in [6.45, 7) is 0.389. The zero-order valence-corrected chi connectivity index (χ0v) is 16.2. The van der Waals surface area contributed by atoms with Gasteiger partial charge in [-0.2, -0.15) is 0 Å². The van der Waals surface area contributed by atoms with Crippen molar-refractivity contribution >= 4 is 33.5 Å². The van der Waals surface area contributed by atoms with Crippen LogP contribution in [0.25, 0.3) is 21.8 Å². The third-order valence-electron chi connectivity index (χ3n) is 4.98. The summed E-state index contributed by atoms with van der Waals surface area (Å²) in [5.74, 6) is -0.0930. The number of amides is 1. The number of rotatable bonds is 4. The van der Waals surface area contributed by atoms with Crippen molar-refractivity contribution in [2.24, 2.45) is 5.73 Å². The number of nitrogens with one attached hydrogen (secondary N) is 2. The van der Waals surface area contributed by atoms with E-state index in [9.17, 15) is 9.59 Å². The van der Waals surface area contributed by atoms with E-state index < -0.39 is 0 Å². The molecule has 146 valence electrons. The van der Waals surface area contributed by atoms with Crippen molar-refractivity contribution in [3.8, 4) is 0 Å². The van der Waals surface area contributed by atoms with Crippen LogP contribution in [0.5, 0.6) is 0 Å². The van der Waals surface area contributed by atoms with E-state index in [4.69, 9.17) is 11.1 Å². The van der Waals surface area contributed by atoms with Crippen LogP contribution in [0.2, 0.25) is 0 Å². The van der Waals surface area contributed by atoms with Gasteiger partial charge in [-0.05, 0) is 46.7 Å². The largest absolute Gasteiger partial charge is 0.384 e. The van der Waals surface area contributed by atoms with Crippen molar-refractivity contribution in [2.75, 3.05) is 14.1 Å². The number of hydrogen-bond acceptors (Lipinski definition) is 3. The van der Waals surface area contributed by atoms with Crippen LogP contribution in [0.1, 0.15) is 21.5 Å². The van der Waals surface area contributed by atoms with Crippen molar-refractivity contribution in [1.29, 1.82) is 5.41 Å². The van der Waals surface area contributed by atoms with Crippen LogP contribution in [0.3, 0.4) is 0 Å². The molecule has 7 heteroatoms. The topological polar surface area (TPSA) is 108 Å². The van der Waals surface area contributed by atoms with Gasteiger partial charge in [-0.25, -0.2) is 4.79 Å². The van der Waals surface area contributed by atoms with Crippen LogP contribution >= 0.6 is 0 Å². The number of hydrogen-bond donors (Lipinski definition) is 3. The highest BCUT2D eigenvalue weighted by atomic mass is 16.2. The number of carbonyl (C=O) groups excluding carboxylic acids is 1. The van der Waals surface area contributed by atoms with Crippen LogP contribution in [0, 0.1) is 5.41 Å². The molecule has 0 bridgehead atoms. The van der Waals surface area contributed by atoms with Crippen LogP contribution in [0.15, 0.2) is 59.4 Å². The van der Waals surface area contributed by atoms with Gasteiger partial charge in [0.15, 0.2) is 0 Å². The molecule has 0 saturated heterocycles. The number of benzene rings is 3. The molecule has 0 fully saturated rings. The number of H-pyrrole nitrogens is 1. The van der Waals surface area contributed by atoms with E-state index >= 15 is 0 Å². The Morgan fingerprint density at radius 2 is 1.76 bits per heavy atom. The Hall–Kier alpha value is -3.87. The number of aromatic nitrogens is 2. The lowest BCUT2D eigenvalue weighted by atomic mass is 10.0. The number of nitrogen functional groups attached to an aromatic ring is 1. The van der Waals surface area contributed by atoms with E-state index in [1.807, 2.05) is 36.4 Å². The fraction of sp³-hybridized carbons (Fsp3) is 0.136. The maximum Gasteiger partial charge on any atom is 0.326 e. The number of imidazole rings is 1. The third-order valence-corrected chi connectivity index (χ3v) is 4.98. The Morgan fingerprint density at radius 1 is 1.03 bits per heavy atom. The highest BCUT2D eigenvalue weighted by Crippen LogP contribution is 2.20. The molecule has 0 saturated carbocycles. The third kappa shape index (κ3) is 3.38. The summed E-state index contributed by atoms with van der Waals surface area (Å²) in [6.07, 6.45) is 0. The van der Waals surface area contributed by atoms with E-state index in [1.165, 1.54) is 4.90 Å². The zero-order chi connectivity index (χ0) is 20.7. The standard InChI is InChI=1S/C22H21N5O2/c1-26(2)21(28)16-7-8-19-18(11-16)25-22(29)27(19)12-13-3-4-14-5-6-15(20(23)24)10-17(14)9-13/h3-11H,12H2,1-2H3,(H3,23,24)(H,25,29). The number of carbonyl (C=O) groups is 1. The number of amidine groups is 1. The summed E-state index contributed by atoms with van der Waals surface area (Å²) in [6, 6.07) is 16.8. The van der Waals surface area contributed by atoms with Gasteiger partial charge < -0.3 is 15.6 Å². The lowest BCUT2D eigenvalue weighted by molar-refractivity contribution is 0.0827. The quantitative estimate of drug-likeness (QED) is 0.370. The molecule has 0 atom stereocenters. The van der Waals surface area contributed by atoms with E-state index in [0.29, 0.717) is 23.2 Å². The molecule has 0 radical (unpaired) electrons. The number of aromatic amines is 1. The van der Waals surface area contributed by atoms with Gasteiger partial charge in [-0.1, -0.05) is 24.3 Å². The molecule has 0 aliphatic heterocycles. The monoisotopic (exact) mass is 387 g/mol. The minimum absolute atomic E-state index is 0.0215. The molecular weight excluding hydrogens is 366 g/mol. The van der Waals surface area contributed by atoms with Crippen molar-refractivity contribution in [3.05, 3.63) is 81.8 Å². The summed E-state index contributed by atoms with van der Waals surface area (Å²) >= 11 is 0. The average Bonchev–Trinajstić information content (AvgIpc) is 3.01. The van der Waals surface area contributed by atoms with Crippen LogP contribution < -0.4 is 11.4 Å². The van der Waals surface area contributed by atoms with Gasteiger partial charge in [0, 0.05) is 25.2 Å². The molecule has 29 heavy (non-hydrogen) atoms. The van der Waals surface area contributed by atoms with E-state index in [-0.39, 0.29) is 17.4 Å². The summed E-state index contributed by atoms with van der Waals surface area (Å²) in [5, 5.41) is 9.62. The molecule has 1 heterocycles. The fourth-order valence-corrected chi connectivity index (χ4v) is 3.46. The molecule has 1 amide bonds. The van der Waals surface area contributed by atoms with Gasteiger partial charge in [0.1, 0.15) is 5.84 Å². The first-order valence-electron chi connectivity index (χ1n) is 9.15. The van der Waals surface area contributed by atoms with Gasteiger partial charge in [-0.3, -0.25) is 14.8 Å². The first-order chi connectivity index (χ1) is 13.8. The van der Waals surface area contributed by atoms with Crippen LogP contribution in [-0.4, -0.2) is 40.3 Å². The molecule has 3 aromatic carbocycles. The lowest BCUT2D eigenvalue weighted by Gasteiger charge is -2.10. The zero-order valence-electron chi connectivity index (χ0n) is 16.2. The maximum atomic E-state index is 12.5. The summed E-state index contributed by atoms with van der Waals surface area (Å²) < 4.78 is 1.65. The van der Waals surface area contributed by atoms with Gasteiger partial charge >= 0.3 is 5.69 Å². The molecule has 0 unspecified atom stereocenters. The van der Waals surface area contributed by atoms with E-state index in [0.717, 1.165) is 21.9 Å². The first-order valence-corrected chi connectivity index (χ1v) is 9.15. The summed E-state index contributed by atoms with van der Waals surface area (Å²) in [4.78, 5) is 29.0. The van der Waals surface area contributed by atoms with Crippen molar-refractivity contribution in [2.45, 2.75) is 6.54 Å². The van der Waals surface area contributed by atoms with Gasteiger partial charge in [0.05, 0.1) is 17.6 Å². The van der Waals surface area contributed by atoms with Crippen LogP contribution in [0.4, 0.5) is 0 Å². The van der Waals surface area contributed by atoms with E-state index in [2.05, 4.69) is 4.98 Å². The minimum atomic E-state index is -0.230. The molecule has 1 aromatic heterocycles. The number of fused-ring (bicyclic) bond motifs is 2. The Kier molecular flexibility index (Phi) is 4.43. The Labute approximate surface area is 166 Å². The lowest BCUT2D eigenvalue weighted by Crippen LogP contribution is -2.21. The fourth-order valence-electron chi connectivity index (χ4n) is 3.46. The molecule has 0 spiro atoms. The maximum absolute atomic E-state index is 12.5. The molecule has 4 N–H and O–H groups in total. The van der Waals surface area contributed by atoms with Crippen molar-refractivity contribution < 1.29 is 4.79 Å². The molecule has 4 rings (SSSR count). The van der Waals surface area contributed by atoms with Gasteiger partial charge in [0.25, 0.3) is 5.91 Å². The predicted molar refractivity (Wildman–Crippen MR) is 115 cm³/mol. The highest BCUT2D eigenvalue weighted by molar-refractivity contribution is 5.99. The second-order valence-electron chi connectivity index (χ2n) is 7.26. The first kappa shape index (κ1) is 18.5. The normalized spacial score (nSPS) is 11.1. The number of nitrogens with zero attached hydrogens (tertiary/aromatic N) is 2. The number of nitrogens with two attached hydrogens (primary N) is 1. The Bertz CT molecular complexity index is 1330. The molecular formula is C22H21N5O2. The van der Waals surface area contributed by atoms with Gasteiger partial charge in [0.2, 0.25) is 0 Å². The molecule has 0 aliphatic carbocycles. The Balaban J connectivity index is 1.73. The summed E-state index contributed by atoms with van der Waals surface area (Å²) in [5.41, 5.74) is 8.87. The van der Waals surface area contributed by atoms with E-state index in [1.54, 1.807) is 36.9 Å². The molecule has 7 nitrogen and oxygen atoms in total. The van der Waals surface area contributed by atoms with Gasteiger partial charge in [-0.15, -0.1) is 0 Å². The minimum Gasteiger partial charge on any atom is -0.384 e. The second kappa shape index (κ2) is 6.94. The van der Waals surface area contributed by atoms with Crippen molar-refractivity contribution in [3.63, 3.8) is 0 Å². The predicted octanol–water partition coefficient (Wildman–Crippen LogP) is 2.52. The summed E-state index contributed by atoms with van der Waals surface area (Å²) in [7, 11) is 3.38. The van der Waals surface area contributed by atoms with Crippen molar-refractivity contribution in [1.82, 2.24) is 14.5 Å². The Morgan fingerprint density at radius 3 is 2.48 bits per heavy atom. The second-order valence-corrected chi connectivity index (χ2v) is 7.26.